The van der Waals surface area contributed by atoms with Crippen molar-refractivity contribution in [3.63, 3.8) is 0 Å². The van der Waals surface area contributed by atoms with Gasteiger partial charge in [0.25, 0.3) is 5.56 Å². The van der Waals surface area contributed by atoms with Crippen LogP contribution in [0.1, 0.15) is 27.0 Å². The number of imidazole rings is 1. The van der Waals surface area contributed by atoms with Crippen LogP contribution in [0.4, 0.5) is 0 Å². The van der Waals surface area contributed by atoms with E-state index < -0.39 is 48.0 Å². The highest BCUT2D eigenvalue weighted by atomic mass is 16.7. The summed E-state index contributed by atoms with van der Waals surface area (Å²) >= 11 is 0. The zero-order valence-electron chi connectivity index (χ0n) is 15.3. The summed E-state index contributed by atoms with van der Waals surface area (Å²) in [5, 5.41) is 6.00. The molecular formula is C16H18N4O8. The number of hydrogen-bond donors (Lipinski definition) is 1. The smallest absolute Gasteiger partial charge is 0.303 e. The summed E-state index contributed by atoms with van der Waals surface area (Å²) in [5.41, 5.74) is -0.0838. The van der Waals surface area contributed by atoms with Crippen LogP contribution in [0.25, 0.3) is 11.0 Å². The first kappa shape index (κ1) is 19.5. The summed E-state index contributed by atoms with van der Waals surface area (Å²) in [6.45, 7) is 3.38. The number of H-pyrrole nitrogens is 1. The zero-order chi connectivity index (χ0) is 20.4. The van der Waals surface area contributed by atoms with Gasteiger partial charge in [-0.2, -0.15) is 5.10 Å². The maximum Gasteiger partial charge on any atom is 0.303 e. The van der Waals surface area contributed by atoms with Crippen molar-refractivity contribution in [2.24, 2.45) is 0 Å². The summed E-state index contributed by atoms with van der Waals surface area (Å²) in [4.78, 5) is 50.3. The summed E-state index contributed by atoms with van der Waals surface area (Å²) in [6, 6.07) is 0. The molecule has 1 aliphatic rings. The van der Waals surface area contributed by atoms with E-state index in [4.69, 9.17) is 18.9 Å². The molecule has 4 atom stereocenters. The van der Waals surface area contributed by atoms with Crippen LogP contribution >= 0.6 is 0 Å². The highest BCUT2D eigenvalue weighted by molar-refractivity contribution is 5.73. The fourth-order valence-electron chi connectivity index (χ4n) is 3.00. The summed E-state index contributed by atoms with van der Waals surface area (Å²) < 4.78 is 22.9. The summed E-state index contributed by atoms with van der Waals surface area (Å²) in [5.74, 6) is -1.82. The maximum atomic E-state index is 11.9. The van der Waals surface area contributed by atoms with Crippen LogP contribution in [-0.2, 0) is 33.3 Å². The minimum Gasteiger partial charge on any atom is -0.463 e. The van der Waals surface area contributed by atoms with Gasteiger partial charge in [-0.25, -0.2) is 10.1 Å². The lowest BCUT2D eigenvalue weighted by Gasteiger charge is -2.23. The van der Waals surface area contributed by atoms with Gasteiger partial charge < -0.3 is 18.9 Å². The molecule has 12 heteroatoms. The highest BCUT2D eigenvalue weighted by Crippen LogP contribution is 2.35. The Hall–Kier alpha value is -3.28. The van der Waals surface area contributed by atoms with Crippen LogP contribution in [-0.4, -0.2) is 62.6 Å². The van der Waals surface area contributed by atoms with E-state index in [0.29, 0.717) is 5.52 Å². The van der Waals surface area contributed by atoms with E-state index in [9.17, 15) is 19.2 Å². The molecule has 0 aromatic carbocycles. The quantitative estimate of drug-likeness (QED) is 0.516. The van der Waals surface area contributed by atoms with Crippen LogP contribution in [0.3, 0.4) is 0 Å². The highest BCUT2D eigenvalue weighted by Gasteiger charge is 2.50. The molecule has 2 aromatic rings. The van der Waals surface area contributed by atoms with Crippen LogP contribution in [0.2, 0.25) is 0 Å². The lowest BCUT2D eigenvalue weighted by atomic mass is 10.1. The van der Waals surface area contributed by atoms with Gasteiger partial charge in [0.1, 0.15) is 12.7 Å². The largest absolute Gasteiger partial charge is 0.463 e. The van der Waals surface area contributed by atoms with Crippen molar-refractivity contribution in [3.05, 3.63) is 22.9 Å². The Morgan fingerprint density at radius 2 is 1.82 bits per heavy atom. The normalized spacial score (nSPS) is 24.1. The first-order chi connectivity index (χ1) is 13.3. The molecule has 0 amide bonds. The molecule has 1 N–H and O–H groups in total. The predicted octanol–water partition coefficient (Wildman–Crippen LogP) is -0.556. The van der Waals surface area contributed by atoms with Gasteiger partial charge in [0.15, 0.2) is 24.0 Å². The number of nitrogens with zero attached hydrogens (tertiary/aromatic N) is 3. The number of carbonyl (C=O) groups excluding carboxylic acids is 3. The first-order valence-electron chi connectivity index (χ1n) is 8.31. The molecule has 150 valence electrons. The van der Waals surface area contributed by atoms with Crippen molar-refractivity contribution < 1.29 is 33.3 Å². The minimum atomic E-state index is -1.07. The van der Waals surface area contributed by atoms with Gasteiger partial charge in [-0.15, -0.1) is 0 Å². The summed E-state index contributed by atoms with van der Waals surface area (Å²) in [7, 11) is 0. The number of aromatic amines is 1. The van der Waals surface area contributed by atoms with Crippen molar-refractivity contribution in [3.8, 4) is 0 Å². The van der Waals surface area contributed by atoms with Gasteiger partial charge in [0, 0.05) is 20.8 Å². The van der Waals surface area contributed by atoms with E-state index in [1.165, 1.54) is 37.9 Å². The molecule has 12 nitrogen and oxygen atoms in total. The predicted molar refractivity (Wildman–Crippen MR) is 89.8 cm³/mol. The Balaban J connectivity index is 2.02. The Labute approximate surface area is 157 Å². The van der Waals surface area contributed by atoms with Crippen LogP contribution < -0.4 is 5.56 Å². The second kappa shape index (κ2) is 7.76. The van der Waals surface area contributed by atoms with Gasteiger partial charge in [0.2, 0.25) is 0 Å². The van der Waals surface area contributed by atoms with E-state index in [2.05, 4.69) is 15.2 Å². The topological polar surface area (TPSA) is 152 Å². The molecular weight excluding hydrogens is 376 g/mol. The van der Waals surface area contributed by atoms with Crippen molar-refractivity contribution in [2.75, 3.05) is 6.61 Å². The number of fused-ring (bicyclic) bond motifs is 1. The molecule has 1 saturated heterocycles. The lowest BCUT2D eigenvalue weighted by molar-refractivity contribution is -0.166. The molecule has 0 aliphatic carbocycles. The van der Waals surface area contributed by atoms with Crippen molar-refractivity contribution in [1.82, 2.24) is 19.7 Å². The van der Waals surface area contributed by atoms with E-state index >= 15 is 0 Å². The van der Waals surface area contributed by atoms with Gasteiger partial charge in [0.05, 0.1) is 18.0 Å². The molecule has 3 heterocycles. The molecule has 2 aromatic heterocycles. The fourth-order valence-corrected chi connectivity index (χ4v) is 3.00. The van der Waals surface area contributed by atoms with Crippen LogP contribution in [0.15, 0.2) is 17.3 Å². The van der Waals surface area contributed by atoms with Gasteiger partial charge in [-0.1, -0.05) is 0 Å². The third-order valence-electron chi connectivity index (χ3n) is 4.01. The molecule has 1 fully saturated rings. The molecule has 0 radical (unpaired) electrons. The number of ether oxygens (including phenoxy) is 4. The number of nitrogens with one attached hydrogen (secondary N) is 1. The Morgan fingerprint density at radius 3 is 2.46 bits per heavy atom. The average Bonchev–Trinajstić information content (AvgIpc) is 3.16. The molecule has 0 spiro atoms. The standard InChI is InChI=1S/C16H18N4O8/c1-7(21)25-5-11-13(26-8(2)22)14(27-9(3)23)16(28-11)20-6-17-12-10(20)4-18-19-15(12)24/h4,6,11,13-14,16H,5H2,1-3H3,(H,19,24). The molecule has 3 rings (SSSR count). The lowest BCUT2D eigenvalue weighted by Crippen LogP contribution is -2.40. The monoisotopic (exact) mass is 394 g/mol. The van der Waals surface area contributed by atoms with Gasteiger partial charge in [-0.05, 0) is 0 Å². The Morgan fingerprint density at radius 1 is 1.14 bits per heavy atom. The number of rotatable bonds is 5. The van der Waals surface area contributed by atoms with Gasteiger partial charge >= 0.3 is 17.9 Å². The molecule has 4 unspecified atom stereocenters. The van der Waals surface area contributed by atoms with Gasteiger partial charge in [-0.3, -0.25) is 23.7 Å². The number of aromatic nitrogens is 4. The molecule has 1 aliphatic heterocycles. The van der Waals surface area contributed by atoms with E-state index in [1.807, 2.05) is 0 Å². The number of esters is 3. The zero-order valence-corrected chi connectivity index (χ0v) is 15.3. The third-order valence-corrected chi connectivity index (χ3v) is 4.01. The third kappa shape index (κ3) is 3.86. The molecule has 0 bridgehead atoms. The molecule has 0 saturated carbocycles. The Kier molecular flexibility index (Phi) is 5.40. The Bertz CT molecular complexity index is 967. The maximum absolute atomic E-state index is 11.9. The second-order valence-corrected chi connectivity index (χ2v) is 6.10. The van der Waals surface area contributed by atoms with E-state index in [1.54, 1.807) is 0 Å². The molecule has 28 heavy (non-hydrogen) atoms. The van der Waals surface area contributed by atoms with Crippen molar-refractivity contribution >= 4 is 28.9 Å². The fraction of sp³-hybridized carbons (Fsp3) is 0.500. The second-order valence-electron chi connectivity index (χ2n) is 6.10. The van der Waals surface area contributed by atoms with Crippen molar-refractivity contribution in [1.29, 1.82) is 0 Å². The number of hydrogen-bond acceptors (Lipinski definition) is 10. The van der Waals surface area contributed by atoms with E-state index in [0.717, 1.165) is 0 Å². The minimum absolute atomic E-state index is 0.104. The average molecular weight is 394 g/mol. The first-order valence-corrected chi connectivity index (χ1v) is 8.31. The van der Waals surface area contributed by atoms with Crippen LogP contribution in [0, 0.1) is 0 Å². The van der Waals surface area contributed by atoms with E-state index in [-0.39, 0.29) is 12.1 Å². The SMILES string of the molecule is CC(=O)OCC1OC(n2cnc3c(=O)[nH]ncc32)C(OC(C)=O)C1OC(C)=O. The van der Waals surface area contributed by atoms with Crippen LogP contribution in [0.5, 0.6) is 0 Å². The summed E-state index contributed by atoms with van der Waals surface area (Å²) in [6.07, 6.45) is -1.34. The number of carbonyl (C=O) groups is 3. The van der Waals surface area contributed by atoms with Crippen molar-refractivity contribution in [2.45, 2.75) is 45.3 Å².